The van der Waals surface area contributed by atoms with Crippen LogP contribution in [-0.4, -0.2) is 48.8 Å². The third kappa shape index (κ3) is 3.79. The molecule has 1 aliphatic heterocycles. The van der Waals surface area contributed by atoms with Crippen molar-refractivity contribution in [2.45, 2.75) is 37.1 Å². The first-order valence-electron chi connectivity index (χ1n) is 10.3. The van der Waals surface area contributed by atoms with Crippen LogP contribution in [0.15, 0.2) is 48.5 Å². The van der Waals surface area contributed by atoms with Gasteiger partial charge in [0, 0.05) is 12.1 Å². The maximum absolute atomic E-state index is 12.8. The monoisotopic (exact) mass is 391 g/mol. The van der Waals surface area contributed by atoms with Gasteiger partial charge in [0.1, 0.15) is 6.04 Å². The largest absolute Gasteiger partial charge is 0.368 e. The quantitative estimate of drug-likeness (QED) is 0.752. The predicted molar refractivity (Wildman–Crippen MR) is 114 cm³/mol. The molecule has 5 heteroatoms. The first-order chi connectivity index (χ1) is 13.9. The van der Waals surface area contributed by atoms with Crippen molar-refractivity contribution in [3.05, 3.63) is 70.8 Å². The molecule has 2 aromatic carbocycles. The van der Waals surface area contributed by atoms with Gasteiger partial charge in [-0.1, -0.05) is 42.5 Å². The van der Waals surface area contributed by atoms with Gasteiger partial charge in [0.2, 0.25) is 5.91 Å². The Hall–Kier alpha value is -2.66. The standard InChI is InChI=1S/C24H29N3O2/c1-26(2)16-14-24(12-13-24)18-9-7-17(8-10-18)11-15-27-21(22(25)28)19-5-3-4-6-20(19)23(27)29/h3-10,21H,11-16H2,1-2H3,(H2,25,28). The normalized spacial score (nSPS) is 19.5. The summed E-state index contributed by atoms with van der Waals surface area (Å²) in [6, 6.07) is 15.4. The van der Waals surface area contributed by atoms with Gasteiger partial charge >= 0.3 is 0 Å². The van der Waals surface area contributed by atoms with Crippen LogP contribution >= 0.6 is 0 Å². The summed E-state index contributed by atoms with van der Waals surface area (Å²) in [7, 11) is 4.24. The first-order valence-corrected chi connectivity index (χ1v) is 10.3. The van der Waals surface area contributed by atoms with Crippen molar-refractivity contribution >= 4 is 11.8 Å². The van der Waals surface area contributed by atoms with Gasteiger partial charge in [0.05, 0.1) is 0 Å². The maximum Gasteiger partial charge on any atom is 0.255 e. The van der Waals surface area contributed by atoms with Gasteiger partial charge in [0.15, 0.2) is 0 Å². The van der Waals surface area contributed by atoms with E-state index in [1.807, 2.05) is 18.2 Å². The molecule has 1 aliphatic carbocycles. The van der Waals surface area contributed by atoms with Gasteiger partial charge in [-0.15, -0.1) is 0 Å². The Morgan fingerprint density at radius 3 is 2.45 bits per heavy atom. The van der Waals surface area contributed by atoms with E-state index in [4.69, 9.17) is 5.73 Å². The molecule has 4 rings (SSSR count). The second-order valence-electron chi connectivity index (χ2n) is 8.67. The number of primary amides is 1. The molecule has 5 nitrogen and oxygen atoms in total. The van der Waals surface area contributed by atoms with E-state index in [1.54, 1.807) is 11.0 Å². The van der Waals surface area contributed by atoms with Crippen molar-refractivity contribution in [3.8, 4) is 0 Å². The van der Waals surface area contributed by atoms with Crippen LogP contribution in [0.3, 0.4) is 0 Å². The molecule has 1 heterocycles. The van der Waals surface area contributed by atoms with Crippen LogP contribution in [0.2, 0.25) is 0 Å². The van der Waals surface area contributed by atoms with E-state index in [9.17, 15) is 9.59 Å². The Balaban J connectivity index is 1.43. The highest BCUT2D eigenvalue weighted by Gasteiger charge is 2.43. The molecular formula is C24H29N3O2. The summed E-state index contributed by atoms with van der Waals surface area (Å²) in [5.41, 5.74) is 9.87. The highest BCUT2D eigenvalue weighted by molar-refractivity contribution is 6.04. The molecule has 1 atom stereocenters. The number of hydrogen-bond donors (Lipinski definition) is 1. The predicted octanol–water partition coefficient (Wildman–Crippen LogP) is 2.89. The minimum absolute atomic E-state index is 0.110. The van der Waals surface area contributed by atoms with E-state index in [-0.39, 0.29) is 5.91 Å². The number of benzene rings is 2. The third-order valence-corrected chi connectivity index (χ3v) is 6.43. The van der Waals surface area contributed by atoms with Crippen molar-refractivity contribution in [3.63, 3.8) is 0 Å². The number of rotatable bonds is 8. The number of carbonyl (C=O) groups excluding carboxylic acids is 2. The first kappa shape index (κ1) is 19.6. The van der Waals surface area contributed by atoms with E-state index in [1.165, 1.54) is 30.4 Å². The van der Waals surface area contributed by atoms with Crippen LogP contribution in [0.5, 0.6) is 0 Å². The second kappa shape index (κ2) is 7.64. The minimum atomic E-state index is -0.668. The number of hydrogen-bond acceptors (Lipinski definition) is 3. The molecule has 1 unspecified atom stereocenters. The van der Waals surface area contributed by atoms with E-state index < -0.39 is 11.9 Å². The lowest BCUT2D eigenvalue weighted by Crippen LogP contribution is -2.37. The van der Waals surface area contributed by atoms with Gasteiger partial charge in [-0.25, -0.2) is 0 Å². The van der Waals surface area contributed by atoms with Crippen LogP contribution in [-0.2, 0) is 16.6 Å². The molecule has 0 saturated heterocycles. The Morgan fingerprint density at radius 2 is 1.83 bits per heavy atom. The Kier molecular flexibility index (Phi) is 5.17. The number of amides is 2. The molecule has 0 aromatic heterocycles. The van der Waals surface area contributed by atoms with Crippen LogP contribution < -0.4 is 5.73 Å². The van der Waals surface area contributed by atoms with Crippen LogP contribution in [0.4, 0.5) is 0 Å². The highest BCUT2D eigenvalue weighted by Crippen LogP contribution is 2.51. The van der Waals surface area contributed by atoms with Gasteiger partial charge in [-0.2, -0.15) is 0 Å². The third-order valence-electron chi connectivity index (χ3n) is 6.43. The van der Waals surface area contributed by atoms with E-state index in [0.29, 0.717) is 23.9 Å². The second-order valence-corrected chi connectivity index (χ2v) is 8.67. The highest BCUT2D eigenvalue weighted by atomic mass is 16.2. The smallest absolute Gasteiger partial charge is 0.255 e. The van der Waals surface area contributed by atoms with E-state index in [2.05, 4.69) is 43.3 Å². The topological polar surface area (TPSA) is 66.6 Å². The molecule has 0 radical (unpaired) electrons. The average molecular weight is 392 g/mol. The molecule has 2 N–H and O–H groups in total. The van der Waals surface area contributed by atoms with Gasteiger partial charge in [0.25, 0.3) is 5.91 Å². The van der Waals surface area contributed by atoms with Crippen molar-refractivity contribution in [1.29, 1.82) is 0 Å². The number of fused-ring (bicyclic) bond motifs is 1. The molecule has 2 aliphatic rings. The Labute approximate surface area is 172 Å². The van der Waals surface area contributed by atoms with Crippen molar-refractivity contribution in [1.82, 2.24) is 9.80 Å². The van der Waals surface area contributed by atoms with Crippen molar-refractivity contribution < 1.29 is 9.59 Å². The zero-order chi connectivity index (χ0) is 20.6. The molecule has 1 saturated carbocycles. The molecule has 152 valence electrons. The number of nitrogens with two attached hydrogens (primary N) is 1. The summed E-state index contributed by atoms with van der Waals surface area (Å²) in [6.07, 6.45) is 4.43. The van der Waals surface area contributed by atoms with Gasteiger partial charge in [-0.05, 0) is 74.5 Å². The Morgan fingerprint density at radius 1 is 1.14 bits per heavy atom. The fraction of sp³-hybridized carbons (Fsp3) is 0.417. The fourth-order valence-corrected chi connectivity index (χ4v) is 4.45. The molecule has 0 bridgehead atoms. The lowest BCUT2D eigenvalue weighted by atomic mass is 9.91. The molecule has 0 spiro atoms. The maximum atomic E-state index is 12.8. The van der Waals surface area contributed by atoms with E-state index in [0.717, 1.165) is 12.1 Å². The van der Waals surface area contributed by atoms with Crippen LogP contribution in [0.25, 0.3) is 0 Å². The zero-order valence-corrected chi connectivity index (χ0v) is 17.2. The molecule has 1 fully saturated rings. The summed E-state index contributed by atoms with van der Waals surface area (Å²) in [5, 5.41) is 0. The number of carbonyl (C=O) groups is 2. The van der Waals surface area contributed by atoms with Crippen LogP contribution in [0, 0.1) is 0 Å². The number of nitrogens with zero attached hydrogens (tertiary/aromatic N) is 2. The van der Waals surface area contributed by atoms with Crippen LogP contribution in [0.1, 0.15) is 52.4 Å². The SMILES string of the molecule is CN(C)CCC1(c2ccc(CCN3C(=O)c4ccccc4C3C(N)=O)cc2)CC1. The summed E-state index contributed by atoms with van der Waals surface area (Å²) in [4.78, 5) is 28.7. The van der Waals surface area contributed by atoms with Crippen molar-refractivity contribution in [2.75, 3.05) is 27.2 Å². The molecular weight excluding hydrogens is 362 g/mol. The zero-order valence-electron chi connectivity index (χ0n) is 17.2. The summed E-state index contributed by atoms with van der Waals surface area (Å²) in [6.45, 7) is 1.58. The summed E-state index contributed by atoms with van der Waals surface area (Å²) >= 11 is 0. The van der Waals surface area contributed by atoms with Gasteiger partial charge in [-0.3, -0.25) is 9.59 Å². The lowest BCUT2D eigenvalue weighted by molar-refractivity contribution is -0.122. The fourth-order valence-electron chi connectivity index (χ4n) is 4.45. The average Bonchev–Trinajstić information content (AvgIpc) is 3.45. The summed E-state index contributed by atoms with van der Waals surface area (Å²) < 4.78 is 0. The van der Waals surface area contributed by atoms with Crippen molar-refractivity contribution in [2.24, 2.45) is 5.73 Å². The molecule has 2 amide bonds. The molecule has 2 aromatic rings. The van der Waals surface area contributed by atoms with Gasteiger partial charge < -0.3 is 15.5 Å². The lowest BCUT2D eigenvalue weighted by Gasteiger charge is -2.23. The summed E-state index contributed by atoms with van der Waals surface area (Å²) in [5.74, 6) is -0.586. The van der Waals surface area contributed by atoms with E-state index >= 15 is 0 Å². The molecule has 29 heavy (non-hydrogen) atoms. The Bertz CT molecular complexity index is 916. The minimum Gasteiger partial charge on any atom is -0.368 e.